The lowest BCUT2D eigenvalue weighted by atomic mass is 9.87. The van der Waals surface area contributed by atoms with Gasteiger partial charge in [-0.2, -0.15) is 0 Å². The second kappa shape index (κ2) is 7.72. The van der Waals surface area contributed by atoms with Crippen molar-refractivity contribution < 1.29 is 4.79 Å². The molecule has 0 aliphatic heterocycles. The number of hydrogen-bond acceptors (Lipinski definition) is 3. The number of aromatic nitrogens is 1. The molecule has 5 heteroatoms. The molecule has 1 aliphatic carbocycles. The fraction of sp³-hybridized carbons (Fsp3) is 0.600. The first-order valence-electron chi connectivity index (χ1n) is 7.43. The van der Waals surface area contributed by atoms with E-state index in [1.54, 1.807) is 6.20 Å². The molecular formula is C15H24N4O. The van der Waals surface area contributed by atoms with Gasteiger partial charge in [-0.15, -0.1) is 0 Å². The highest BCUT2D eigenvalue weighted by Crippen LogP contribution is 2.23. The Bertz CT molecular complexity index is 402. The van der Waals surface area contributed by atoms with Gasteiger partial charge in [0.25, 0.3) is 0 Å². The van der Waals surface area contributed by atoms with Crippen molar-refractivity contribution in [1.29, 1.82) is 0 Å². The molecule has 0 radical (unpaired) electrons. The topological polar surface area (TPSA) is 66.1 Å². The van der Waals surface area contributed by atoms with Crippen LogP contribution >= 0.6 is 0 Å². The van der Waals surface area contributed by atoms with Crippen LogP contribution in [0.1, 0.15) is 32.6 Å². The summed E-state index contributed by atoms with van der Waals surface area (Å²) in [6.07, 6.45) is 6.37. The Morgan fingerprint density at radius 2 is 2.05 bits per heavy atom. The molecule has 0 atom stereocenters. The Hall–Kier alpha value is -1.78. The van der Waals surface area contributed by atoms with Gasteiger partial charge in [0.2, 0.25) is 0 Å². The summed E-state index contributed by atoms with van der Waals surface area (Å²) in [5, 5.41) is 9.07. The molecule has 1 aromatic rings. The Labute approximate surface area is 120 Å². The van der Waals surface area contributed by atoms with Crippen molar-refractivity contribution in [1.82, 2.24) is 15.6 Å². The van der Waals surface area contributed by atoms with Gasteiger partial charge in [0, 0.05) is 25.3 Å². The third-order valence-corrected chi connectivity index (χ3v) is 3.73. The van der Waals surface area contributed by atoms with Crippen LogP contribution in [-0.2, 0) is 0 Å². The molecule has 3 N–H and O–H groups in total. The van der Waals surface area contributed by atoms with Gasteiger partial charge in [-0.25, -0.2) is 9.78 Å². The van der Waals surface area contributed by atoms with Crippen molar-refractivity contribution in [3.63, 3.8) is 0 Å². The van der Waals surface area contributed by atoms with Gasteiger partial charge in [0.1, 0.15) is 5.82 Å². The van der Waals surface area contributed by atoms with Crippen LogP contribution in [0, 0.1) is 5.92 Å². The third-order valence-electron chi connectivity index (χ3n) is 3.73. The highest BCUT2D eigenvalue weighted by atomic mass is 16.2. The molecule has 0 unspecified atom stereocenters. The molecule has 1 fully saturated rings. The van der Waals surface area contributed by atoms with E-state index in [2.05, 4.69) is 27.9 Å². The molecule has 20 heavy (non-hydrogen) atoms. The van der Waals surface area contributed by atoms with E-state index in [0.29, 0.717) is 19.1 Å². The minimum Gasteiger partial charge on any atom is -0.368 e. The Morgan fingerprint density at radius 1 is 1.25 bits per heavy atom. The van der Waals surface area contributed by atoms with Crippen molar-refractivity contribution in [3.8, 4) is 0 Å². The van der Waals surface area contributed by atoms with Gasteiger partial charge in [-0.05, 0) is 43.7 Å². The van der Waals surface area contributed by atoms with Crippen LogP contribution in [0.3, 0.4) is 0 Å². The van der Waals surface area contributed by atoms with E-state index in [1.807, 2.05) is 18.2 Å². The third kappa shape index (κ3) is 5.07. The highest BCUT2D eigenvalue weighted by Gasteiger charge is 2.19. The summed E-state index contributed by atoms with van der Waals surface area (Å²) < 4.78 is 0. The predicted octanol–water partition coefficient (Wildman–Crippen LogP) is 2.37. The minimum atomic E-state index is -0.0626. The van der Waals surface area contributed by atoms with Crippen LogP contribution in [0.25, 0.3) is 0 Å². The van der Waals surface area contributed by atoms with Crippen LogP contribution in [0.4, 0.5) is 10.6 Å². The largest absolute Gasteiger partial charge is 0.368 e. The van der Waals surface area contributed by atoms with E-state index in [9.17, 15) is 4.79 Å². The van der Waals surface area contributed by atoms with E-state index < -0.39 is 0 Å². The first-order chi connectivity index (χ1) is 9.74. The van der Waals surface area contributed by atoms with Crippen molar-refractivity contribution in [2.24, 2.45) is 5.92 Å². The summed E-state index contributed by atoms with van der Waals surface area (Å²) in [4.78, 5) is 15.9. The maximum absolute atomic E-state index is 11.7. The number of hydrogen-bond donors (Lipinski definition) is 3. The lowest BCUT2D eigenvalue weighted by Gasteiger charge is -2.26. The summed E-state index contributed by atoms with van der Waals surface area (Å²) in [5.41, 5.74) is 0. The monoisotopic (exact) mass is 276 g/mol. The van der Waals surface area contributed by atoms with Crippen LogP contribution in [0.5, 0.6) is 0 Å². The van der Waals surface area contributed by atoms with E-state index in [4.69, 9.17) is 0 Å². The zero-order valence-corrected chi connectivity index (χ0v) is 12.1. The molecule has 1 aliphatic rings. The van der Waals surface area contributed by atoms with Crippen LogP contribution in [0.15, 0.2) is 24.4 Å². The Balaban J connectivity index is 1.56. The number of anilines is 1. The number of nitrogens with one attached hydrogen (secondary N) is 3. The summed E-state index contributed by atoms with van der Waals surface area (Å²) in [6.45, 7) is 3.54. The van der Waals surface area contributed by atoms with Crippen molar-refractivity contribution in [3.05, 3.63) is 24.4 Å². The lowest BCUT2D eigenvalue weighted by Crippen LogP contribution is -2.44. The fourth-order valence-corrected chi connectivity index (χ4v) is 2.47. The summed E-state index contributed by atoms with van der Waals surface area (Å²) in [7, 11) is 0. The molecule has 1 heterocycles. The first-order valence-corrected chi connectivity index (χ1v) is 7.43. The van der Waals surface area contributed by atoms with Crippen molar-refractivity contribution in [2.75, 3.05) is 18.4 Å². The normalized spacial score (nSPS) is 22.1. The first kappa shape index (κ1) is 14.6. The number of carbonyl (C=O) groups is 1. The number of amides is 2. The van der Waals surface area contributed by atoms with Crippen molar-refractivity contribution >= 4 is 11.8 Å². The molecule has 1 saturated carbocycles. The van der Waals surface area contributed by atoms with E-state index in [-0.39, 0.29) is 6.03 Å². The fourth-order valence-electron chi connectivity index (χ4n) is 2.47. The second-order valence-electron chi connectivity index (χ2n) is 5.50. The SMILES string of the molecule is CC1CCC(NC(=O)NCCNc2ccccn2)CC1. The van der Waals surface area contributed by atoms with Gasteiger partial charge < -0.3 is 16.0 Å². The average molecular weight is 276 g/mol. The van der Waals surface area contributed by atoms with E-state index >= 15 is 0 Å². The quantitative estimate of drug-likeness (QED) is 0.723. The number of carbonyl (C=O) groups excluding carboxylic acids is 1. The van der Waals surface area contributed by atoms with Crippen molar-refractivity contribution in [2.45, 2.75) is 38.6 Å². The molecule has 2 amide bonds. The number of pyridine rings is 1. The standard InChI is InChI=1S/C15H24N4O/c1-12-5-7-13(8-6-12)19-15(20)18-11-10-17-14-4-2-3-9-16-14/h2-4,9,12-13H,5-8,10-11H2,1H3,(H,16,17)(H2,18,19,20). The number of rotatable bonds is 5. The van der Waals surface area contributed by atoms with E-state index in [1.165, 1.54) is 12.8 Å². The zero-order valence-electron chi connectivity index (χ0n) is 12.1. The highest BCUT2D eigenvalue weighted by molar-refractivity contribution is 5.74. The Kier molecular flexibility index (Phi) is 5.65. The molecule has 110 valence electrons. The van der Waals surface area contributed by atoms with Gasteiger partial charge in [0.15, 0.2) is 0 Å². The van der Waals surface area contributed by atoms with Crippen LogP contribution < -0.4 is 16.0 Å². The number of urea groups is 1. The second-order valence-corrected chi connectivity index (χ2v) is 5.50. The summed E-state index contributed by atoms with van der Waals surface area (Å²) in [5.74, 6) is 1.63. The molecule has 0 bridgehead atoms. The smallest absolute Gasteiger partial charge is 0.315 e. The molecular weight excluding hydrogens is 252 g/mol. The zero-order chi connectivity index (χ0) is 14.2. The molecule has 0 saturated heterocycles. The van der Waals surface area contributed by atoms with Crippen LogP contribution in [0.2, 0.25) is 0 Å². The molecule has 5 nitrogen and oxygen atoms in total. The van der Waals surface area contributed by atoms with E-state index in [0.717, 1.165) is 24.6 Å². The predicted molar refractivity (Wildman–Crippen MR) is 80.7 cm³/mol. The van der Waals surface area contributed by atoms with Gasteiger partial charge >= 0.3 is 6.03 Å². The van der Waals surface area contributed by atoms with Gasteiger partial charge in [-0.3, -0.25) is 0 Å². The molecule has 0 aromatic carbocycles. The van der Waals surface area contributed by atoms with Gasteiger partial charge in [-0.1, -0.05) is 13.0 Å². The minimum absolute atomic E-state index is 0.0626. The van der Waals surface area contributed by atoms with Gasteiger partial charge in [0.05, 0.1) is 0 Å². The molecule has 1 aromatic heterocycles. The summed E-state index contributed by atoms with van der Waals surface area (Å²) >= 11 is 0. The maximum Gasteiger partial charge on any atom is 0.315 e. The summed E-state index contributed by atoms with van der Waals surface area (Å²) in [6, 6.07) is 5.99. The van der Waals surface area contributed by atoms with Crippen LogP contribution in [-0.4, -0.2) is 30.1 Å². The maximum atomic E-state index is 11.7. The molecule has 2 rings (SSSR count). The average Bonchev–Trinajstić information content (AvgIpc) is 2.47. The number of nitrogens with zero attached hydrogens (tertiary/aromatic N) is 1. The Morgan fingerprint density at radius 3 is 2.75 bits per heavy atom. The lowest BCUT2D eigenvalue weighted by molar-refractivity contribution is 0.229. The molecule has 0 spiro atoms.